The molecular formula is C14H30N2O2S. The SMILES string of the molecule is CC(C)NCCCCS(=O)(=O)N1C(C)CCCC1C. The van der Waals surface area contributed by atoms with Crippen molar-refractivity contribution in [1.29, 1.82) is 0 Å². The van der Waals surface area contributed by atoms with Gasteiger partial charge in [0.05, 0.1) is 5.75 Å². The van der Waals surface area contributed by atoms with Crippen LogP contribution in [0.1, 0.15) is 59.8 Å². The lowest BCUT2D eigenvalue weighted by Crippen LogP contribution is -2.48. The van der Waals surface area contributed by atoms with Crippen LogP contribution in [0.5, 0.6) is 0 Å². The van der Waals surface area contributed by atoms with E-state index in [9.17, 15) is 8.42 Å². The maximum atomic E-state index is 12.4. The molecule has 1 rings (SSSR count). The molecule has 0 aromatic rings. The molecule has 19 heavy (non-hydrogen) atoms. The molecule has 0 saturated carbocycles. The van der Waals surface area contributed by atoms with E-state index in [1.165, 1.54) is 0 Å². The van der Waals surface area contributed by atoms with Crippen LogP contribution in [-0.2, 0) is 10.0 Å². The second-order valence-corrected chi connectivity index (χ2v) is 8.08. The Morgan fingerprint density at radius 1 is 1.16 bits per heavy atom. The van der Waals surface area contributed by atoms with Gasteiger partial charge in [0.2, 0.25) is 10.0 Å². The number of unbranched alkanes of at least 4 members (excludes halogenated alkanes) is 1. The van der Waals surface area contributed by atoms with Gasteiger partial charge in [0.15, 0.2) is 0 Å². The predicted octanol–water partition coefficient (Wildman–Crippen LogP) is 2.36. The summed E-state index contributed by atoms with van der Waals surface area (Å²) in [5, 5.41) is 3.32. The van der Waals surface area contributed by atoms with Crippen molar-refractivity contribution in [3.05, 3.63) is 0 Å². The highest BCUT2D eigenvalue weighted by Crippen LogP contribution is 2.26. The summed E-state index contributed by atoms with van der Waals surface area (Å²) in [4.78, 5) is 0. The Morgan fingerprint density at radius 2 is 1.74 bits per heavy atom. The van der Waals surface area contributed by atoms with E-state index in [-0.39, 0.29) is 12.1 Å². The summed E-state index contributed by atoms with van der Waals surface area (Å²) in [7, 11) is -3.08. The van der Waals surface area contributed by atoms with Gasteiger partial charge in [-0.25, -0.2) is 8.42 Å². The molecule has 1 fully saturated rings. The van der Waals surface area contributed by atoms with Crippen molar-refractivity contribution in [2.24, 2.45) is 0 Å². The van der Waals surface area contributed by atoms with E-state index in [1.54, 1.807) is 4.31 Å². The Kier molecular flexibility index (Phi) is 6.77. The molecule has 114 valence electrons. The van der Waals surface area contributed by atoms with Gasteiger partial charge in [-0.05, 0) is 46.1 Å². The van der Waals surface area contributed by atoms with Gasteiger partial charge in [0.1, 0.15) is 0 Å². The van der Waals surface area contributed by atoms with Gasteiger partial charge >= 0.3 is 0 Å². The zero-order valence-corrected chi connectivity index (χ0v) is 13.7. The summed E-state index contributed by atoms with van der Waals surface area (Å²) >= 11 is 0. The van der Waals surface area contributed by atoms with Gasteiger partial charge in [-0.3, -0.25) is 0 Å². The van der Waals surface area contributed by atoms with E-state index < -0.39 is 10.0 Å². The molecule has 2 unspecified atom stereocenters. The number of nitrogens with one attached hydrogen (secondary N) is 1. The van der Waals surface area contributed by atoms with E-state index in [4.69, 9.17) is 0 Å². The number of hydrogen-bond donors (Lipinski definition) is 1. The van der Waals surface area contributed by atoms with Crippen LogP contribution in [0, 0.1) is 0 Å². The van der Waals surface area contributed by atoms with Crippen LogP contribution in [0.25, 0.3) is 0 Å². The van der Waals surface area contributed by atoms with Gasteiger partial charge in [0.25, 0.3) is 0 Å². The first-order valence-electron chi connectivity index (χ1n) is 7.59. The largest absolute Gasteiger partial charge is 0.315 e. The molecule has 1 aliphatic rings. The van der Waals surface area contributed by atoms with Crippen molar-refractivity contribution in [2.45, 2.75) is 77.9 Å². The minimum atomic E-state index is -3.08. The van der Waals surface area contributed by atoms with Crippen LogP contribution in [0.3, 0.4) is 0 Å². The zero-order chi connectivity index (χ0) is 14.5. The first kappa shape index (κ1) is 16.9. The van der Waals surface area contributed by atoms with E-state index in [0.717, 1.165) is 38.6 Å². The molecule has 1 aliphatic heterocycles. The lowest BCUT2D eigenvalue weighted by Gasteiger charge is -2.37. The minimum absolute atomic E-state index is 0.169. The summed E-state index contributed by atoms with van der Waals surface area (Å²) in [6.45, 7) is 9.18. The third-order valence-corrected chi connectivity index (χ3v) is 5.98. The van der Waals surface area contributed by atoms with Crippen LogP contribution in [-0.4, -0.2) is 43.1 Å². The third kappa shape index (κ3) is 5.40. The van der Waals surface area contributed by atoms with Gasteiger partial charge in [-0.15, -0.1) is 0 Å². The topological polar surface area (TPSA) is 49.4 Å². The monoisotopic (exact) mass is 290 g/mol. The van der Waals surface area contributed by atoms with E-state index in [0.29, 0.717) is 11.8 Å². The maximum absolute atomic E-state index is 12.4. The summed E-state index contributed by atoms with van der Waals surface area (Å²) in [5.74, 6) is 0.293. The Balaban J connectivity index is 2.42. The van der Waals surface area contributed by atoms with Crippen molar-refractivity contribution in [2.75, 3.05) is 12.3 Å². The minimum Gasteiger partial charge on any atom is -0.315 e. The van der Waals surface area contributed by atoms with E-state index >= 15 is 0 Å². The lowest BCUT2D eigenvalue weighted by atomic mass is 10.0. The second kappa shape index (κ2) is 7.60. The van der Waals surface area contributed by atoms with Crippen LogP contribution in [0.2, 0.25) is 0 Å². The molecule has 0 amide bonds. The molecule has 1 saturated heterocycles. The molecule has 4 nitrogen and oxygen atoms in total. The van der Waals surface area contributed by atoms with Gasteiger partial charge in [0, 0.05) is 18.1 Å². The highest BCUT2D eigenvalue weighted by Gasteiger charge is 2.33. The smallest absolute Gasteiger partial charge is 0.214 e. The average molecular weight is 290 g/mol. The number of nitrogens with zero attached hydrogens (tertiary/aromatic N) is 1. The van der Waals surface area contributed by atoms with Gasteiger partial charge in [-0.2, -0.15) is 4.31 Å². The Hall–Kier alpha value is -0.130. The van der Waals surface area contributed by atoms with E-state index in [1.807, 2.05) is 13.8 Å². The van der Waals surface area contributed by atoms with Crippen molar-refractivity contribution in [3.63, 3.8) is 0 Å². The van der Waals surface area contributed by atoms with Crippen molar-refractivity contribution < 1.29 is 8.42 Å². The first-order chi connectivity index (χ1) is 8.84. The molecule has 0 spiro atoms. The third-order valence-electron chi connectivity index (χ3n) is 3.82. The first-order valence-corrected chi connectivity index (χ1v) is 9.20. The van der Waals surface area contributed by atoms with Crippen LogP contribution in [0.4, 0.5) is 0 Å². The van der Waals surface area contributed by atoms with Crippen LogP contribution < -0.4 is 5.32 Å². The number of hydrogen-bond acceptors (Lipinski definition) is 3. The van der Waals surface area contributed by atoms with Gasteiger partial charge in [-0.1, -0.05) is 20.3 Å². The fourth-order valence-corrected chi connectivity index (χ4v) is 4.94. The van der Waals surface area contributed by atoms with Gasteiger partial charge < -0.3 is 5.32 Å². The Morgan fingerprint density at radius 3 is 2.26 bits per heavy atom. The highest BCUT2D eigenvalue weighted by atomic mass is 32.2. The summed E-state index contributed by atoms with van der Waals surface area (Å²) in [6, 6.07) is 0.809. The van der Waals surface area contributed by atoms with Crippen molar-refractivity contribution in [3.8, 4) is 0 Å². The van der Waals surface area contributed by atoms with Crippen molar-refractivity contribution >= 4 is 10.0 Å². The normalized spacial score (nSPS) is 25.9. The molecule has 0 bridgehead atoms. The van der Waals surface area contributed by atoms with Crippen LogP contribution in [0.15, 0.2) is 0 Å². The summed E-state index contributed by atoms with van der Waals surface area (Å²) < 4.78 is 26.6. The molecule has 0 aliphatic carbocycles. The standard InChI is InChI=1S/C14H30N2O2S/c1-12(2)15-10-5-6-11-19(17,18)16-13(3)8-7-9-14(16)4/h12-15H,5-11H2,1-4H3. The van der Waals surface area contributed by atoms with E-state index in [2.05, 4.69) is 19.2 Å². The lowest BCUT2D eigenvalue weighted by molar-refractivity contribution is 0.204. The number of sulfonamides is 1. The Bertz CT molecular complexity index is 344. The van der Waals surface area contributed by atoms with Crippen molar-refractivity contribution in [1.82, 2.24) is 9.62 Å². The average Bonchev–Trinajstić information content (AvgIpc) is 2.27. The molecule has 2 atom stereocenters. The van der Waals surface area contributed by atoms with Crippen LogP contribution >= 0.6 is 0 Å². The zero-order valence-electron chi connectivity index (χ0n) is 12.9. The molecular weight excluding hydrogens is 260 g/mol. The molecule has 5 heteroatoms. The Labute approximate surface area is 119 Å². The summed E-state index contributed by atoms with van der Waals surface area (Å²) in [5.41, 5.74) is 0. The molecule has 0 aromatic carbocycles. The number of rotatable bonds is 7. The molecule has 1 heterocycles. The molecule has 1 N–H and O–H groups in total. The summed E-state index contributed by atoms with van der Waals surface area (Å²) in [6.07, 6.45) is 4.82. The highest BCUT2D eigenvalue weighted by molar-refractivity contribution is 7.89. The molecule has 0 aromatic heterocycles. The maximum Gasteiger partial charge on any atom is 0.214 e. The fraction of sp³-hybridized carbons (Fsp3) is 1.00. The fourth-order valence-electron chi connectivity index (χ4n) is 2.85. The molecule has 0 radical (unpaired) electrons. The number of piperidine rings is 1. The predicted molar refractivity (Wildman–Crippen MR) is 80.8 cm³/mol. The quantitative estimate of drug-likeness (QED) is 0.732. The second-order valence-electron chi connectivity index (χ2n) is 6.09.